The normalized spacial score (nSPS) is 9.67. The van der Waals surface area contributed by atoms with E-state index in [9.17, 15) is 14.0 Å². The Balaban J connectivity index is 3.07. The summed E-state index contributed by atoms with van der Waals surface area (Å²) < 4.78 is 18.1. The van der Waals surface area contributed by atoms with Crippen LogP contribution in [0.3, 0.4) is 0 Å². The molecule has 0 atom stereocenters. The molecule has 1 rings (SSSR count). The van der Waals surface area contributed by atoms with E-state index in [0.29, 0.717) is 5.56 Å². The van der Waals surface area contributed by atoms with Crippen LogP contribution in [0.15, 0.2) is 24.8 Å². The number of carboxylic acid groups (broad SMARTS) is 1. The summed E-state index contributed by atoms with van der Waals surface area (Å²) in [5, 5.41) is 11.1. The molecule has 0 aromatic heterocycles. The molecule has 0 aliphatic carbocycles. The number of rotatable bonds is 4. The number of carboxylic acids is 1. The highest BCUT2D eigenvalue weighted by atomic mass is 19.1. The molecule has 0 heterocycles. The van der Waals surface area contributed by atoms with Crippen LogP contribution in [-0.4, -0.2) is 23.8 Å². The zero-order valence-corrected chi connectivity index (χ0v) is 9.70. The topological polar surface area (TPSA) is 75.6 Å². The van der Waals surface area contributed by atoms with Gasteiger partial charge in [0.15, 0.2) is 0 Å². The molecule has 6 heteroatoms. The largest absolute Gasteiger partial charge is 0.478 e. The first-order valence-electron chi connectivity index (χ1n) is 5.04. The second-order valence-electron chi connectivity index (χ2n) is 3.43. The molecule has 96 valence electrons. The zero-order valence-electron chi connectivity index (χ0n) is 9.70. The van der Waals surface area contributed by atoms with E-state index < -0.39 is 23.6 Å². The molecular weight excluding hydrogens is 241 g/mol. The number of nitrogens with one attached hydrogen (secondary N) is 1. The van der Waals surface area contributed by atoms with E-state index in [1.54, 1.807) is 0 Å². The molecule has 0 spiro atoms. The fraction of sp³-hybridized carbons (Fsp3) is 0.167. The lowest BCUT2D eigenvalue weighted by atomic mass is 10.1. The first-order valence-corrected chi connectivity index (χ1v) is 5.04. The van der Waals surface area contributed by atoms with Crippen LogP contribution in [0.25, 0.3) is 0 Å². The summed E-state index contributed by atoms with van der Waals surface area (Å²) in [6, 6.07) is 2.39. The molecule has 0 radical (unpaired) electrons. The first-order chi connectivity index (χ1) is 8.47. The minimum Gasteiger partial charge on any atom is -0.478 e. The second kappa shape index (κ2) is 5.81. The quantitative estimate of drug-likeness (QED) is 0.808. The van der Waals surface area contributed by atoms with Gasteiger partial charge in [-0.05, 0) is 18.6 Å². The number of aromatic carboxylic acids is 1. The van der Waals surface area contributed by atoms with Crippen molar-refractivity contribution in [3.05, 3.63) is 41.7 Å². The lowest BCUT2D eigenvalue weighted by Crippen LogP contribution is -2.18. The molecule has 18 heavy (non-hydrogen) atoms. The Morgan fingerprint density at radius 2 is 2.22 bits per heavy atom. The number of hydrogen-bond donors (Lipinski definition) is 2. The van der Waals surface area contributed by atoms with Crippen LogP contribution in [0.5, 0.6) is 0 Å². The SMILES string of the molecule is C=CCOC(=O)Nc1c(F)ccc(C)c1C(=O)O. The van der Waals surface area contributed by atoms with Gasteiger partial charge in [0.2, 0.25) is 0 Å². The fourth-order valence-corrected chi connectivity index (χ4v) is 1.35. The summed E-state index contributed by atoms with van der Waals surface area (Å²) in [6.07, 6.45) is 0.395. The Bertz CT molecular complexity index is 499. The molecule has 1 aromatic carbocycles. The number of aryl methyl sites for hydroxylation is 1. The van der Waals surface area contributed by atoms with Gasteiger partial charge < -0.3 is 9.84 Å². The van der Waals surface area contributed by atoms with Crippen molar-refractivity contribution in [2.24, 2.45) is 0 Å². The van der Waals surface area contributed by atoms with Gasteiger partial charge in [-0.2, -0.15) is 0 Å². The Morgan fingerprint density at radius 1 is 1.56 bits per heavy atom. The van der Waals surface area contributed by atoms with Crippen molar-refractivity contribution in [3.8, 4) is 0 Å². The molecule has 0 bridgehead atoms. The third kappa shape index (κ3) is 3.07. The van der Waals surface area contributed by atoms with E-state index in [1.807, 2.05) is 0 Å². The predicted molar refractivity (Wildman–Crippen MR) is 63.3 cm³/mol. The van der Waals surface area contributed by atoms with Gasteiger partial charge >= 0.3 is 12.1 Å². The van der Waals surface area contributed by atoms with Crippen LogP contribution >= 0.6 is 0 Å². The second-order valence-corrected chi connectivity index (χ2v) is 3.43. The number of amides is 1. The molecular formula is C12H12FNO4. The average Bonchev–Trinajstić information content (AvgIpc) is 2.30. The lowest BCUT2D eigenvalue weighted by molar-refractivity contribution is 0.0697. The zero-order chi connectivity index (χ0) is 13.7. The van der Waals surface area contributed by atoms with Crippen LogP contribution < -0.4 is 5.32 Å². The highest BCUT2D eigenvalue weighted by Crippen LogP contribution is 2.23. The van der Waals surface area contributed by atoms with Crippen LogP contribution in [-0.2, 0) is 4.74 Å². The van der Waals surface area contributed by atoms with Crippen molar-refractivity contribution < 1.29 is 23.8 Å². The molecule has 0 unspecified atom stereocenters. The maximum atomic E-state index is 13.5. The van der Waals surface area contributed by atoms with Gasteiger partial charge in [0.05, 0.1) is 11.3 Å². The van der Waals surface area contributed by atoms with Crippen molar-refractivity contribution in [1.29, 1.82) is 0 Å². The number of benzene rings is 1. The van der Waals surface area contributed by atoms with Crippen molar-refractivity contribution in [1.82, 2.24) is 0 Å². The maximum absolute atomic E-state index is 13.5. The third-order valence-corrected chi connectivity index (χ3v) is 2.14. The van der Waals surface area contributed by atoms with E-state index in [4.69, 9.17) is 5.11 Å². The Labute approximate surface area is 103 Å². The van der Waals surface area contributed by atoms with Gasteiger partial charge in [-0.25, -0.2) is 14.0 Å². The van der Waals surface area contributed by atoms with E-state index in [0.717, 1.165) is 6.07 Å². The van der Waals surface area contributed by atoms with E-state index in [-0.39, 0.29) is 12.2 Å². The molecule has 1 aromatic rings. The van der Waals surface area contributed by atoms with Gasteiger partial charge in [0, 0.05) is 0 Å². The molecule has 0 aliphatic rings. The number of carbonyl (C=O) groups is 2. The summed E-state index contributed by atoms with van der Waals surface area (Å²) in [7, 11) is 0. The monoisotopic (exact) mass is 253 g/mol. The van der Waals surface area contributed by atoms with Gasteiger partial charge in [-0.3, -0.25) is 5.32 Å². The molecule has 0 saturated carbocycles. The number of halogens is 1. The fourth-order valence-electron chi connectivity index (χ4n) is 1.35. The van der Waals surface area contributed by atoms with Gasteiger partial charge in [0.25, 0.3) is 0 Å². The third-order valence-electron chi connectivity index (χ3n) is 2.14. The van der Waals surface area contributed by atoms with Crippen LogP contribution in [0.4, 0.5) is 14.9 Å². The summed E-state index contributed by atoms with van der Waals surface area (Å²) in [5.41, 5.74) is -0.370. The number of hydrogen-bond acceptors (Lipinski definition) is 3. The standard InChI is InChI=1S/C12H12FNO4/c1-3-6-18-12(17)14-10-8(13)5-4-7(2)9(10)11(15)16/h3-5H,1,6H2,2H3,(H,14,17)(H,15,16). The number of carbonyl (C=O) groups excluding carboxylic acids is 1. The van der Waals surface area contributed by atoms with Gasteiger partial charge in [-0.1, -0.05) is 18.7 Å². The average molecular weight is 253 g/mol. The predicted octanol–water partition coefficient (Wildman–Crippen LogP) is 2.57. The molecule has 0 fully saturated rings. The summed E-state index contributed by atoms with van der Waals surface area (Å²) in [6.45, 7) is 4.79. The van der Waals surface area contributed by atoms with Crippen LogP contribution in [0, 0.1) is 12.7 Å². The van der Waals surface area contributed by atoms with Crippen molar-refractivity contribution in [2.45, 2.75) is 6.92 Å². The van der Waals surface area contributed by atoms with E-state index >= 15 is 0 Å². The molecule has 0 aliphatic heterocycles. The number of anilines is 1. The summed E-state index contributed by atoms with van der Waals surface area (Å²) in [5.74, 6) is -2.17. The Morgan fingerprint density at radius 3 is 2.78 bits per heavy atom. The molecule has 5 nitrogen and oxygen atoms in total. The van der Waals surface area contributed by atoms with Gasteiger partial charge in [0.1, 0.15) is 12.4 Å². The highest BCUT2D eigenvalue weighted by Gasteiger charge is 2.19. The minimum absolute atomic E-state index is 0.0539. The van der Waals surface area contributed by atoms with E-state index in [2.05, 4.69) is 16.6 Å². The van der Waals surface area contributed by atoms with E-state index in [1.165, 1.54) is 19.1 Å². The van der Waals surface area contributed by atoms with Crippen molar-refractivity contribution in [2.75, 3.05) is 11.9 Å². The highest BCUT2D eigenvalue weighted by molar-refractivity contribution is 6.00. The van der Waals surface area contributed by atoms with Crippen molar-refractivity contribution in [3.63, 3.8) is 0 Å². The molecule has 1 amide bonds. The Kier molecular flexibility index (Phi) is 4.42. The number of ether oxygens (including phenoxy) is 1. The first kappa shape index (κ1) is 13.7. The summed E-state index contributed by atoms with van der Waals surface area (Å²) in [4.78, 5) is 22.3. The molecule has 0 saturated heterocycles. The van der Waals surface area contributed by atoms with Gasteiger partial charge in [-0.15, -0.1) is 0 Å². The van der Waals surface area contributed by atoms with Crippen LogP contribution in [0.1, 0.15) is 15.9 Å². The van der Waals surface area contributed by atoms with Crippen molar-refractivity contribution >= 4 is 17.7 Å². The minimum atomic E-state index is -1.33. The molecule has 2 N–H and O–H groups in total. The summed E-state index contributed by atoms with van der Waals surface area (Å²) >= 11 is 0. The van der Waals surface area contributed by atoms with Crippen LogP contribution in [0.2, 0.25) is 0 Å². The smallest absolute Gasteiger partial charge is 0.412 e. The Hall–Kier alpha value is -2.37. The maximum Gasteiger partial charge on any atom is 0.412 e. The lowest BCUT2D eigenvalue weighted by Gasteiger charge is -2.11.